The van der Waals surface area contributed by atoms with Gasteiger partial charge in [0.15, 0.2) is 23.0 Å². The lowest BCUT2D eigenvalue weighted by molar-refractivity contribution is 0.102. The second kappa shape index (κ2) is 12.5. The topological polar surface area (TPSA) is 145 Å². The predicted octanol–water partition coefficient (Wildman–Crippen LogP) is 4.62. The Morgan fingerprint density at radius 3 is 2.48 bits per heavy atom. The van der Waals surface area contributed by atoms with Gasteiger partial charge in [-0.3, -0.25) is 19.3 Å². The van der Waals surface area contributed by atoms with Crippen LogP contribution in [-0.2, 0) is 4.74 Å². The number of H-pyrrole nitrogens is 1. The molecule has 5 rings (SSSR count). The van der Waals surface area contributed by atoms with Crippen molar-refractivity contribution in [2.45, 2.75) is 32.9 Å². The highest BCUT2D eigenvalue weighted by Gasteiger charge is 2.21. The molecule has 0 aliphatic carbocycles. The summed E-state index contributed by atoms with van der Waals surface area (Å²) in [4.78, 5) is 43.9. The minimum absolute atomic E-state index is 0.0359. The number of carbonyl (C=O) groups is 1. The first-order valence-corrected chi connectivity index (χ1v) is 13.6. The number of methoxy groups -OCH3 is 1. The number of pyridine rings is 1. The molecule has 5 aromatic rings. The van der Waals surface area contributed by atoms with Gasteiger partial charge in [0.05, 0.1) is 12.3 Å². The summed E-state index contributed by atoms with van der Waals surface area (Å²) in [7, 11) is 1.58. The molecular weight excluding hydrogens is 576 g/mol. The van der Waals surface area contributed by atoms with Crippen molar-refractivity contribution < 1.29 is 23.0 Å². The number of fused-ring (bicyclic) bond motifs is 1. The van der Waals surface area contributed by atoms with Crippen molar-refractivity contribution in [3.05, 3.63) is 99.0 Å². The van der Waals surface area contributed by atoms with Gasteiger partial charge in [0, 0.05) is 49.4 Å². The van der Waals surface area contributed by atoms with Crippen LogP contribution < -0.4 is 26.6 Å². The maximum Gasteiger partial charge on any atom is 0.335 e. The van der Waals surface area contributed by atoms with Gasteiger partial charge in [-0.15, -0.1) is 0 Å². The van der Waals surface area contributed by atoms with Gasteiger partial charge in [-0.05, 0) is 57.2 Å². The third kappa shape index (κ3) is 6.06. The SMILES string of the molecule is COC[C@H](C)Nc1n[nH]c2nccc(Oc3ccc(NC(=O)c4cn(C(C)C)c(=O)n(-c5ccc(F)cc5)c4=O)cc3F)c12. The number of ether oxygens (including phenoxy) is 2. The minimum atomic E-state index is -0.914. The molecule has 0 aliphatic heterocycles. The molecule has 0 aliphatic rings. The Labute approximate surface area is 249 Å². The Balaban J connectivity index is 1.42. The maximum atomic E-state index is 15.3. The molecule has 0 spiro atoms. The molecule has 0 unspecified atom stereocenters. The summed E-state index contributed by atoms with van der Waals surface area (Å²) in [5, 5.41) is 13.2. The molecule has 228 valence electrons. The Bertz CT molecular complexity index is 1950. The highest BCUT2D eigenvalue weighted by Crippen LogP contribution is 2.34. The number of aromatic amines is 1. The van der Waals surface area contributed by atoms with Crippen LogP contribution in [0.4, 0.5) is 20.3 Å². The number of halogens is 2. The number of rotatable bonds is 10. The van der Waals surface area contributed by atoms with E-state index in [1.807, 2.05) is 6.92 Å². The van der Waals surface area contributed by atoms with E-state index >= 15 is 4.39 Å². The van der Waals surface area contributed by atoms with Crippen LogP contribution in [0, 0.1) is 11.6 Å². The molecule has 0 saturated heterocycles. The fourth-order valence-electron chi connectivity index (χ4n) is 4.53. The van der Waals surface area contributed by atoms with E-state index < -0.39 is 34.8 Å². The van der Waals surface area contributed by atoms with Crippen LogP contribution in [0.1, 0.15) is 37.2 Å². The summed E-state index contributed by atoms with van der Waals surface area (Å²) in [6, 6.07) is 9.56. The second-order valence-corrected chi connectivity index (χ2v) is 10.3. The van der Waals surface area contributed by atoms with Crippen molar-refractivity contribution in [2.75, 3.05) is 24.4 Å². The number of amides is 1. The van der Waals surface area contributed by atoms with Gasteiger partial charge < -0.3 is 20.1 Å². The summed E-state index contributed by atoms with van der Waals surface area (Å²) in [6.07, 6.45) is 2.64. The normalized spacial score (nSPS) is 12.0. The smallest absolute Gasteiger partial charge is 0.335 e. The number of hydrogen-bond donors (Lipinski definition) is 3. The van der Waals surface area contributed by atoms with Gasteiger partial charge in [0.2, 0.25) is 0 Å². The van der Waals surface area contributed by atoms with E-state index in [-0.39, 0.29) is 34.5 Å². The number of nitrogens with one attached hydrogen (secondary N) is 3. The lowest BCUT2D eigenvalue weighted by Crippen LogP contribution is -2.42. The molecule has 0 saturated carbocycles. The van der Waals surface area contributed by atoms with Crippen LogP contribution in [-0.4, -0.2) is 50.0 Å². The van der Waals surface area contributed by atoms with Crippen molar-refractivity contribution in [1.82, 2.24) is 24.3 Å². The van der Waals surface area contributed by atoms with Crippen molar-refractivity contribution >= 4 is 28.4 Å². The van der Waals surface area contributed by atoms with Gasteiger partial charge in [-0.1, -0.05) is 0 Å². The zero-order chi connectivity index (χ0) is 31.5. The zero-order valence-corrected chi connectivity index (χ0v) is 24.2. The predicted molar refractivity (Wildman–Crippen MR) is 160 cm³/mol. The Morgan fingerprint density at radius 2 is 1.80 bits per heavy atom. The molecule has 3 aromatic heterocycles. The molecule has 0 fully saturated rings. The highest BCUT2D eigenvalue weighted by atomic mass is 19.1. The van der Waals surface area contributed by atoms with E-state index in [2.05, 4.69) is 25.8 Å². The summed E-state index contributed by atoms with van der Waals surface area (Å²) in [5.41, 5.74) is -1.43. The summed E-state index contributed by atoms with van der Waals surface area (Å²) >= 11 is 0. The third-order valence-electron chi connectivity index (χ3n) is 6.63. The first-order valence-electron chi connectivity index (χ1n) is 13.6. The van der Waals surface area contributed by atoms with E-state index in [0.29, 0.717) is 23.5 Å². The highest BCUT2D eigenvalue weighted by molar-refractivity contribution is 6.04. The van der Waals surface area contributed by atoms with Crippen molar-refractivity contribution in [3.63, 3.8) is 0 Å². The van der Waals surface area contributed by atoms with E-state index in [4.69, 9.17) is 9.47 Å². The average Bonchev–Trinajstić information content (AvgIpc) is 3.38. The van der Waals surface area contributed by atoms with Gasteiger partial charge in [-0.2, -0.15) is 5.10 Å². The lowest BCUT2D eigenvalue weighted by Gasteiger charge is -2.16. The molecule has 12 nitrogen and oxygen atoms in total. The van der Waals surface area contributed by atoms with Crippen molar-refractivity contribution in [2.24, 2.45) is 0 Å². The number of aromatic nitrogens is 5. The first kappa shape index (κ1) is 30.1. The zero-order valence-electron chi connectivity index (χ0n) is 24.2. The number of anilines is 2. The van der Waals surface area contributed by atoms with Gasteiger partial charge >= 0.3 is 5.69 Å². The lowest BCUT2D eigenvalue weighted by atomic mass is 10.2. The molecular formula is C30H29F2N7O5. The van der Waals surface area contributed by atoms with E-state index in [0.717, 1.165) is 29.0 Å². The second-order valence-electron chi connectivity index (χ2n) is 10.3. The molecule has 1 amide bonds. The molecule has 0 bridgehead atoms. The monoisotopic (exact) mass is 605 g/mol. The number of nitrogens with zero attached hydrogens (tertiary/aromatic N) is 4. The summed E-state index contributed by atoms with van der Waals surface area (Å²) in [5.74, 6) is -1.63. The van der Waals surface area contributed by atoms with Crippen LogP contribution in [0.15, 0.2) is 70.5 Å². The third-order valence-corrected chi connectivity index (χ3v) is 6.63. The standard InChI is InChI=1S/C30H29F2N7O5/c1-16(2)38-14-21(29(41)39(30(38)42)20-8-5-18(31)6-9-20)28(40)35-19-7-10-23(22(32)13-19)44-24-11-12-33-26-25(24)27(37-36-26)34-17(3)15-43-4/h5-14,16-17H,15H2,1-4H3,(H,35,40)(H2,33,34,36,37)/t17-/m0/s1. The number of benzene rings is 2. The van der Waals surface area contributed by atoms with Gasteiger partial charge in [0.25, 0.3) is 11.5 Å². The fourth-order valence-corrected chi connectivity index (χ4v) is 4.53. The van der Waals surface area contributed by atoms with E-state index in [1.54, 1.807) is 27.0 Å². The average molecular weight is 606 g/mol. The molecule has 0 radical (unpaired) electrons. The first-order chi connectivity index (χ1) is 21.1. The Kier molecular flexibility index (Phi) is 8.53. The van der Waals surface area contributed by atoms with Crippen LogP contribution in [0.25, 0.3) is 16.7 Å². The Morgan fingerprint density at radius 1 is 1.05 bits per heavy atom. The van der Waals surface area contributed by atoms with Gasteiger partial charge in [-0.25, -0.2) is 23.1 Å². The Hall–Kier alpha value is -5.37. The van der Waals surface area contributed by atoms with E-state index in [1.165, 1.54) is 35.0 Å². The quantitative estimate of drug-likeness (QED) is 0.209. The molecule has 2 aromatic carbocycles. The van der Waals surface area contributed by atoms with E-state index in [9.17, 15) is 18.8 Å². The maximum absolute atomic E-state index is 15.3. The van der Waals surface area contributed by atoms with Crippen LogP contribution in [0.5, 0.6) is 11.5 Å². The largest absolute Gasteiger partial charge is 0.453 e. The van der Waals surface area contributed by atoms with Crippen LogP contribution in [0.2, 0.25) is 0 Å². The molecule has 14 heteroatoms. The summed E-state index contributed by atoms with van der Waals surface area (Å²) < 4.78 is 41.8. The molecule has 3 N–H and O–H groups in total. The molecule has 1 atom stereocenters. The number of hydrogen-bond acceptors (Lipinski definition) is 8. The number of carbonyl (C=O) groups excluding carboxylic acids is 1. The summed E-state index contributed by atoms with van der Waals surface area (Å²) in [6.45, 7) is 5.74. The van der Waals surface area contributed by atoms with Crippen LogP contribution >= 0.6 is 0 Å². The van der Waals surface area contributed by atoms with Gasteiger partial charge in [0.1, 0.15) is 22.5 Å². The molecule has 3 heterocycles. The van der Waals surface area contributed by atoms with Crippen molar-refractivity contribution in [1.29, 1.82) is 0 Å². The van der Waals surface area contributed by atoms with Crippen LogP contribution in [0.3, 0.4) is 0 Å². The van der Waals surface area contributed by atoms with Crippen molar-refractivity contribution in [3.8, 4) is 17.2 Å². The fraction of sp³-hybridized carbons (Fsp3) is 0.233. The minimum Gasteiger partial charge on any atom is -0.453 e. The molecule has 44 heavy (non-hydrogen) atoms.